The standard InChI is InChI=1S/C10H16O/c1-4-9(5-2)7-10(9,6-3)8-11/h4,8H,1,5-7H2,2-3H3/t9-,10-/m1/s1. The van der Waals surface area contributed by atoms with Crippen LogP contribution in [0.4, 0.5) is 0 Å². The molecule has 62 valence electrons. The molecule has 0 aromatic carbocycles. The Kier molecular flexibility index (Phi) is 1.91. The van der Waals surface area contributed by atoms with Crippen molar-refractivity contribution < 1.29 is 4.79 Å². The molecular weight excluding hydrogens is 136 g/mol. The van der Waals surface area contributed by atoms with Crippen molar-refractivity contribution >= 4 is 6.29 Å². The summed E-state index contributed by atoms with van der Waals surface area (Å²) < 4.78 is 0. The van der Waals surface area contributed by atoms with Gasteiger partial charge in [-0.1, -0.05) is 19.9 Å². The molecule has 0 aromatic heterocycles. The van der Waals surface area contributed by atoms with Crippen molar-refractivity contribution in [2.45, 2.75) is 33.1 Å². The fourth-order valence-corrected chi connectivity index (χ4v) is 2.13. The summed E-state index contributed by atoms with van der Waals surface area (Å²) in [6, 6.07) is 0. The number of allylic oxidation sites excluding steroid dienone is 1. The predicted molar refractivity (Wildman–Crippen MR) is 46.3 cm³/mol. The van der Waals surface area contributed by atoms with Crippen molar-refractivity contribution in [2.24, 2.45) is 10.8 Å². The van der Waals surface area contributed by atoms with E-state index in [1.807, 2.05) is 6.08 Å². The zero-order valence-corrected chi connectivity index (χ0v) is 7.39. The van der Waals surface area contributed by atoms with Gasteiger partial charge < -0.3 is 4.79 Å². The molecule has 0 unspecified atom stereocenters. The number of hydrogen-bond donors (Lipinski definition) is 0. The molecule has 11 heavy (non-hydrogen) atoms. The normalized spacial score (nSPS) is 41.6. The molecule has 0 spiro atoms. The third kappa shape index (κ3) is 0.867. The van der Waals surface area contributed by atoms with E-state index in [4.69, 9.17) is 0 Å². The summed E-state index contributed by atoms with van der Waals surface area (Å²) in [5, 5.41) is 0. The highest BCUT2D eigenvalue weighted by atomic mass is 16.1. The molecule has 1 nitrogen and oxygen atoms in total. The van der Waals surface area contributed by atoms with Gasteiger partial charge in [0.2, 0.25) is 0 Å². The van der Waals surface area contributed by atoms with Crippen LogP contribution >= 0.6 is 0 Å². The number of carbonyl (C=O) groups excluding carboxylic acids is 1. The molecule has 0 heterocycles. The van der Waals surface area contributed by atoms with E-state index >= 15 is 0 Å². The summed E-state index contributed by atoms with van der Waals surface area (Å²) in [6.07, 6.45) is 6.10. The first-order valence-electron chi connectivity index (χ1n) is 4.30. The minimum atomic E-state index is -0.0521. The minimum absolute atomic E-state index is 0.0521. The number of carbonyl (C=O) groups is 1. The van der Waals surface area contributed by atoms with Crippen molar-refractivity contribution in [2.75, 3.05) is 0 Å². The van der Waals surface area contributed by atoms with Crippen LogP contribution in [0, 0.1) is 10.8 Å². The first-order chi connectivity index (χ1) is 5.20. The van der Waals surface area contributed by atoms with Gasteiger partial charge >= 0.3 is 0 Å². The van der Waals surface area contributed by atoms with Crippen LogP contribution in [0.1, 0.15) is 33.1 Å². The van der Waals surface area contributed by atoms with E-state index < -0.39 is 0 Å². The van der Waals surface area contributed by atoms with E-state index in [1.165, 1.54) is 0 Å². The topological polar surface area (TPSA) is 17.1 Å². The van der Waals surface area contributed by atoms with Gasteiger partial charge in [0.25, 0.3) is 0 Å². The maximum absolute atomic E-state index is 10.8. The van der Waals surface area contributed by atoms with Crippen LogP contribution in [0.2, 0.25) is 0 Å². The zero-order chi connectivity index (χ0) is 8.54. The SMILES string of the molecule is C=C[C@@]1(CC)C[C@@]1(C=O)CC. The lowest BCUT2D eigenvalue weighted by atomic mass is 9.89. The second-order valence-corrected chi connectivity index (χ2v) is 3.52. The van der Waals surface area contributed by atoms with Crippen LogP contribution in [-0.2, 0) is 4.79 Å². The van der Waals surface area contributed by atoms with E-state index in [9.17, 15) is 4.79 Å². The van der Waals surface area contributed by atoms with Crippen molar-refractivity contribution in [1.82, 2.24) is 0 Å². The molecule has 0 N–H and O–H groups in total. The highest BCUT2D eigenvalue weighted by molar-refractivity contribution is 5.68. The second kappa shape index (κ2) is 2.47. The highest BCUT2D eigenvalue weighted by Gasteiger charge is 2.63. The Morgan fingerprint density at radius 1 is 1.36 bits per heavy atom. The number of rotatable bonds is 4. The summed E-state index contributed by atoms with van der Waals surface area (Å²) in [5.74, 6) is 0. The van der Waals surface area contributed by atoms with E-state index in [0.717, 1.165) is 25.5 Å². The first kappa shape index (κ1) is 8.51. The van der Waals surface area contributed by atoms with Gasteiger partial charge in [-0.25, -0.2) is 0 Å². The van der Waals surface area contributed by atoms with E-state index in [1.54, 1.807) is 0 Å². The average molecular weight is 152 g/mol. The fraction of sp³-hybridized carbons (Fsp3) is 0.700. The molecule has 0 aromatic rings. The van der Waals surface area contributed by atoms with E-state index in [2.05, 4.69) is 20.4 Å². The van der Waals surface area contributed by atoms with Gasteiger partial charge in [0.15, 0.2) is 0 Å². The van der Waals surface area contributed by atoms with Gasteiger partial charge in [0, 0.05) is 10.8 Å². The molecular formula is C10H16O. The maximum Gasteiger partial charge on any atom is 0.127 e. The Bertz CT molecular complexity index is 165. The van der Waals surface area contributed by atoms with E-state index in [-0.39, 0.29) is 10.8 Å². The molecule has 0 bridgehead atoms. The molecule has 1 saturated carbocycles. The Morgan fingerprint density at radius 2 is 1.91 bits per heavy atom. The maximum atomic E-state index is 10.8. The van der Waals surface area contributed by atoms with Crippen molar-refractivity contribution in [3.05, 3.63) is 12.7 Å². The molecule has 1 heteroatoms. The first-order valence-corrected chi connectivity index (χ1v) is 4.30. The fourth-order valence-electron chi connectivity index (χ4n) is 2.13. The molecule has 1 rings (SSSR count). The largest absolute Gasteiger partial charge is 0.303 e. The van der Waals surface area contributed by atoms with Gasteiger partial charge in [0.1, 0.15) is 6.29 Å². The molecule has 1 aliphatic rings. The third-order valence-electron chi connectivity index (χ3n) is 3.38. The monoisotopic (exact) mass is 152 g/mol. The zero-order valence-electron chi connectivity index (χ0n) is 7.39. The van der Waals surface area contributed by atoms with Crippen molar-refractivity contribution in [3.63, 3.8) is 0 Å². The second-order valence-electron chi connectivity index (χ2n) is 3.52. The average Bonchev–Trinajstić information content (AvgIpc) is 2.75. The van der Waals surface area contributed by atoms with Gasteiger partial charge in [-0.15, -0.1) is 6.58 Å². The van der Waals surface area contributed by atoms with Gasteiger partial charge in [-0.3, -0.25) is 0 Å². The predicted octanol–water partition coefficient (Wildman–Crippen LogP) is 2.57. The summed E-state index contributed by atoms with van der Waals surface area (Å²) >= 11 is 0. The van der Waals surface area contributed by atoms with Crippen molar-refractivity contribution in [3.8, 4) is 0 Å². The van der Waals surface area contributed by atoms with Crippen LogP contribution in [0.25, 0.3) is 0 Å². The molecule has 0 saturated heterocycles. The Hall–Kier alpha value is -0.590. The molecule has 0 amide bonds. The van der Waals surface area contributed by atoms with E-state index in [0.29, 0.717) is 0 Å². The van der Waals surface area contributed by atoms with Crippen LogP contribution in [0.3, 0.4) is 0 Å². The number of hydrogen-bond acceptors (Lipinski definition) is 1. The lowest BCUT2D eigenvalue weighted by molar-refractivity contribution is -0.113. The highest BCUT2D eigenvalue weighted by Crippen LogP contribution is 2.67. The minimum Gasteiger partial charge on any atom is -0.303 e. The molecule has 0 aliphatic heterocycles. The van der Waals surface area contributed by atoms with Crippen molar-refractivity contribution in [1.29, 1.82) is 0 Å². The van der Waals surface area contributed by atoms with Crippen LogP contribution in [0.5, 0.6) is 0 Å². The van der Waals surface area contributed by atoms with Crippen LogP contribution < -0.4 is 0 Å². The summed E-state index contributed by atoms with van der Waals surface area (Å²) in [5.41, 5.74) is 0.0903. The van der Waals surface area contributed by atoms with Gasteiger partial charge in [0.05, 0.1) is 0 Å². The quantitative estimate of drug-likeness (QED) is 0.447. The Morgan fingerprint density at radius 3 is 2.00 bits per heavy atom. The summed E-state index contributed by atoms with van der Waals surface area (Å²) in [4.78, 5) is 10.8. The third-order valence-corrected chi connectivity index (χ3v) is 3.38. The Balaban J connectivity index is 2.81. The number of aldehydes is 1. The summed E-state index contributed by atoms with van der Waals surface area (Å²) in [6.45, 7) is 8.00. The van der Waals surface area contributed by atoms with Crippen LogP contribution in [0.15, 0.2) is 12.7 Å². The lowest BCUT2D eigenvalue weighted by Gasteiger charge is -2.13. The lowest BCUT2D eigenvalue weighted by Crippen LogP contribution is -2.11. The molecule has 1 aliphatic carbocycles. The molecule has 2 atom stereocenters. The summed E-state index contributed by atoms with van der Waals surface area (Å²) in [7, 11) is 0. The van der Waals surface area contributed by atoms with Gasteiger partial charge in [-0.2, -0.15) is 0 Å². The molecule has 1 fully saturated rings. The van der Waals surface area contributed by atoms with Gasteiger partial charge in [-0.05, 0) is 19.3 Å². The smallest absolute Gasteiger partial charge is 0.127 e. The Labute approximate surface area is 68.5 Å². The molecule has 0 radical (unpaired) electrons. The van der Waals surface area contributed by atoms with Crippen LogP contribution in [-0.4, -0.2) is 6.29 Å².